The molecule has 3 heterocycles. The number of hydrogen-bond acceptors (Lipinski definition) is 4. The molecule has 0 atom stereocenters. The summed E-state index contributed by atoms with van der Waals surface area (Å²) in [5.41, 5.74) is 2.71. The van der Waals surface area contributed by atoms with Gasteiger partial charge in [0.1, 0.15) is 5.65 Å². The van der Waals surface area contributed by atoms with Crippen LogP contribution in [-0.4, -0.2) is 20.9 Å². The van der Waals surface area contributed by atoms with Crippen molar-refractivity contribution in [3.8, 4) is 11.3 Å². The third-order valence-corrected chi connectivity index (χ3v) is 3.84. The molecule has 6 heteroatoms. The van der Waals surface area contributed by atoms with E-state index in [9.17, 15) is 4.79 Å². The molecule has 0 aliphatic carbocycles. The van der Waals surface area contributed by atoms with E-state index in [-0.39, 0.29) is 5.91 Å². The Morgan fingerprint density at radius 2 is 2.29 bits per heavy atom. The van der Waals surface area contributed by atoms with Crippen LogP contribution in [0.3, 0.4) is 0 Å². The van der Waals surface area contributed by atoms with Gasteiger partial charge in [0, 0.05) is 35.1 Å². The summed E-state index contributed by atoms with van der Waals surface area (Å²) in [7, 11) is 0. The highest BCUT2D eigenvalue weighted by molar-refractivity contribution is 7.14. The Kier molecular flexibility index (Phi) is 3.70. The first-order valence-corrected chi connectivity index (χ1v) is 7.69. The Morgan fingerprint density at radius 3 is 3.10 bits per heavy atom. The molecule has 0 spiro atoms. The summed E-state index contributed by atoms with van der Waals surface area (Å²) in [6.07, 6.45) is 4.12. The number of rotatable bonds is 4. The van der Waals surface area contributed by atoms with Crippen LogP contribution in [0.4, 0.5) is 5.13 Å². The van der Waals surface area contributed by atoms with E-state index in [1.807, 2.05) is 37.6 Å². The molecule has 0 saturated heterocycles. The number of hydrogen-bond donors (Lipinski definition) is 2. The molecule has 5 nitrogen and oxygen atoms in total. The molecular weight excluding hydrogens is 284 g/mol. The van der Waals surface area contributed by atoms with Gasteiger partial charge in [-0.15, -0.1) is 11.3 Å². The number of carbonyl (C=O) groups is 1. The average Bonchev–Trinajstić information content (AvgIpc) is 3.05. The lowest BCUT2D eigenvalue weighted by molar-refractivity contribution is -0.116. The average molecular weight is 300 g/mol. The molecule has 0 aliphatic heterocycles. The van der Waals surface area contributed by atoms with Crippen LogP contribution >= 0.6 is 11.3 Å². The fraction of sp³-hybridized carbons (Fsp3) is 0.267. The van der Waals surface area contributed by atoms with Crippen LogP contribution in [-0.2, 0) is 4.79 Å². The zero-order valence-electron chi connectivity index (χ0n) is 11.9. The number of H-pyrrole nitrogens is 1. The third kappa shape index (κ3) is 2.95. The standard InChI is InChI=1S/C15H16N4OS/c1-9(2)7-13(20)19-15-18-12(8-21-15)10-3-5-16-14-11(10)4-6-17-14/h3-6,8-9H,7H2,1-2H3,(H,16,17)(H,18,19,20). The van der Waals surface area contributed by atoms with Crippen molar-refractivity contribution >= 4 is 33.4 Å². The van der Waals surface area contributed by atoms with Gasteiger partial charge in [-0.2, -0.15) is 0 Å². The molecule has 1 amide bonds. The second-order valence-electron chi connectivity index (χ2n) is 5.28. The monoisotopic (exact) mass is 300 g/mol. The molecule has 21 heavy (non-hydrogen) atoms. The normalized spacial score (nSPS) is 11.2. The molecule has 3 aromatic rings. The Balaban J connectivity index is 1.85. The van der Waals surface area contributed by atoms with E-state index in [4.69, 9.17) is 0 Å². The Bertz CT molecular complexity index is 775. The van der Waals surface area contributed by atoms with Crippen molar-refractivity contribution in [1.82, 2.24) is 15.0 Å². The SMILES string of the molecule is CC(C)CC(=O)Nc1nc(-c2ccnc3[nH]ccc23)cs1. The Morgan fingerprint density at radius 1 is 1.43 bits per heavy atom. The predicted octanol–water partition coefficient (Wildman–Crippen LogP) is 3.67. The number of carbonyl (C=O) groups excluding carboxylic acids is 1. The number of aromatic amines is 1. The van der Waals surface area contributed by atoms with Gasteiger partial charge in [0.05, 0.1) is 5.69 Å². The van der Waals surface area contributed by atoms with Gasteiger partial charge in [0.25, 0.3) is 0 Å². The molecule has 0 unspecified atom stereocenters. The number of anilines is 1. The lowest BCUT2D eigenvalue weighted by atomic mass is 10.1. The van der Waals surface area contributed by atoms with Gasteiger partial charge in [-0.1, -0.05) is 13.8 Å². The van der Waals surface area contributed by atoms with Crippen LogP contribution in [0.15, 0.2) is 29.9 Å². The second kappa shape index (κ2) is 5.65. The van der Waals surface area contributed by atoms with Gasteiger partial charge in [-0.05, 0) is 18.1 Å². The van der Waals surface area contributed by atoms with E-state index in [0.29, 0.717) is 17.5 Å². The first kappa shape index (κ1) is 13.8. The van der Waals surface area contributed by atoms with Crippen LogP contribution < -0.4 is 5.32 Å². The smallest absolute Gasteiger partial charge is 0.226 e. The van der Waals surface area contributed by atoms with Gasteiger partial charge in [0.15, 0.2) is 5.13 Å². The molecule has 0 aliphatic rings. The van der Waals surface area contributed by atoms with Crippen molar-refractivity contribution in [2.75, 3.05) is 5.32 Å². The molecule has 0 fully saturated rings. The molecule has 0 saturated carbocycles. The van der Waals surface area contributed by atoms with Crippen molar-refractivity contribution < 1.29 is 4.79 Å². The van der Waals surface area contributed by atoms with Crippen LogP contribution in [0.5, 0.6) is 0 Å². The van der Waals surface area contributed by atoms with Crippen LogP contribution in [0.25, 0.3) is 22.3 Å². The molecular formula is C15H16N4OS. The number of amides is 1. The molecule has 108 valence electrons. The van der Waals surface area contributed by atoms with Gasteiger partial charge in [-0.25, -0.2) is 9.97 Å². The van der Waals surface area contributed by atoms with Crippen LogP contribution in [0.2, 0.25) is 0 Å². The summed E-state index contributed by atoms with van der Waals surface area (Å²) >= 11 is 1.44. The molecule has 0 bridgehead atoms. The highest BCUT2D eigenvalue weighted by Gasteiger charge is 2.11. The van der Waals surface area contributed by atoms with E-state index in [1.165, 1.54) is 11.3 Å². The quantitative estimate of drug-likeness (QED) is 0.772. The van der Waals surface area contributed by atoms with Crippen LogP contribution in [0, 0.1) is 5.92 Å². The van der Waals surface area contributed by atoms with Crippen molar-refractivity contribution in [2.24, 2.45) is 5.92 Å². The molecule has 3 rings (SSSR count). The van der Waals surface area contributed by atoms with E-state index in [0.717, 1.165) is 22.3 Å². The van der Waals surface area contributed by atoms with E-state index >= 15 is 0 Å². The molecule has 0 aromatic carbocycles. The summed E-state index contributed by atoms with van der Waals surface area (Å²) in [6.45, 7) is 4.04. The largest absolute Gasteiger partial charge is 0.346 e. The van der Waals surface area contributed by atoms with Crippen molar-refractivity contribution in [3.05, 3.63) is 29.9 Å². The van der Waals surface area contributed by atoms with Crippen molar-refractivity contribution in [2.45, 2.75) is 20.3 Å². The first-order valence-electron chi connectivity index (χ1n) is 6.81. The minimum atomic E-state index is 0.00687. The van der Waals surface area contributed by atoms with Gasteiger partial charge >= 0.3 is 0 Å². The van der Waals surface area contributed by atoms with Crippen molar-refractivity contribution in [1.29, 1.82) is 0 Å². The maximum atomic E-state index is 11.8. The summed E-state index contributed by atoms with van der Waals surface area (Å²) < 4.78 is 0. The Hall–Kier alpha value is -2.21. The summed E-state index contributed by atoms with van der Waals surface area (Å²) in [4.78, 5) is 23.6. The van der Waals surface area contributed by atoms with Gasteiger partial charge in [-0.3, -0.25) is 4.79 Å². The van der Waals surface area contributed by atoms with E-state index in [1.54, 1.807) is 6.20 Å². The summed E-state index contributed by atoms with van der Waals surface area (Å²) in [5.74, 6) is 0.344. The zero-order chi connectivity index (χ0) is 14.8. The maximum absolute atomic E-state index is 11.8. The fourth-order valence-electron chi connectivity index (χ4n) is 2.18. The second-order valence-corrected chi connectivity index (χ2v) is 6.14. The third-order valence-electron chi connectivity index (χ3n) is 3.08. The maximum Gasteiger partial charge on any atom is 0.226 e. The van der Waals surface area contributed by atoms with Crippen LogP contribution in [0.1, 0.15) is 20.3 Å². The lowest BCUT2D eigenvalue weighted by Crippen LogP contribution is -2.13. The number of aromatic nitrogens is 3. The van der Waals surface area contributed by atoms with E-state index in [2.05, 4.69) is 20.3 Å². The van der Waals surface area contributed by atoms with E-state index < -0.39 is 0 Å². The Labute approximate surface area is 126 Å². The van der Waals surface area contributed by atoms with Gasteiger partial charge in [0.2, 0.25) is 5.91 Å². The predicted molar refractivity (Wildman–Crippen MR) is 85.3 cm³/mol. The highest BCUT2D eigenvalue weighted by atomic mass is 32.1. The number of nitrogens with zero attached hydrogens (tertiary/aromatic N) is 2. The summed E-state index contributed by atoms with van der Waals surface area (Å²) in [5, 5.41) is 6.47. The number of pyridine rings is 1. The lowest BCUT2D eigenvalue weighted by Gasteiger charge is -2.03. The van der Waals surface area contributed by atoms with Gasteiger partial charge < -0.3 is 10.3 Å². The minimum absolute atomic E-state index is 0.00687. The number of fused-ring (bicyclic) bond motifs is 1. The zero-order valence-corrected chi connectivity index (χ0v) is 12.7. The number of thiazole rings is 1. The minimum Gasteiger partial charge on any atom is -0.346 e. The van der Waals surface area contributed by atoms with Crippen molar-refractivity contribution in [3.63, 3.8) is 0 Å². The molecule has 0 radical (unpaired) electrons. The number of nitrogens with one attached hydrogen (secondary N) is 2. The fourth-order valence-corrected chi connectivity index (χ4v) is 2.91. The molecule has 2 N–H and O–H groups in total. The topological polar surface area (TPSA) is 70.7 Å². The highest BCUT2D eigenvalue weighted by Crippen LogP contribution is 2.29. The molecule has 3 aromatic heterocycles. The first-order chi connectivity index (χ1) is 10.1. The summed E-state index contributed by atoms with van der Waals surface area (Å²) in [6, 6.07) is 3.92.